The summed E-state index contributed by atoms with van der Waals surface area (Å²) >= 11 is 11.2. The number of benzene rings is 3. The van der Waals surface area contributed by atoms with E-state index in [0.29, 0.717) is 31.0 Å². The highest BCUT2D eigenvalue weighted by molar-refractivity contribution is 9.10. The normalized spacial score (nSPS) is 21.2. The Bertz CT molecular complexity index is 1640. The van der Waals surface area contributed by atoms with Crippen LogP contribution in [0.15, 0.2) is 82.3 Å². The number of aromatic nitrogens is 1. The SMILES string of the molecule is Cc1ccc(S[C@@]2(C(=O)N3CCCC(=O)C3)CC(=O)N(Cc3ccc(Cl)cc3)[C@H]2c2c[nH]c3cc(Br)ccc23)cc1. The van der Waals surface area contributed by atoms with Gasteiger partial charge in [0.1, 0.15) is 4.75 Å². The molecular formula is C32H29BrClN3O3S. The van der Waals surface area contributed by atoms with Crippen LogP contribution in [0.5, 0.6) is 0 Å². The molecular weight excluding hydrogens is 622 g/mol. The molecule has 0 spiro atoms. The van der Waals surface area contributed by atoms with Crippen molar-refractivity contribution in [3.05, 3.63) is 99.1 Å². The van der Waals surface area contributed by atoms with Crippen molar-refractivity contribution in [2.24, 2.45) is 0 Å². The minimum Gasteiger partial charge on any atom is -0.361 e. The molecule has 9 heteroatoms. The van der Waals surface area contributed by atoms with E-state index in [4.69, 9.17) is 11.6 Å². The third kappa shape index (κ3) is 5.45. The monoisotopic (exact) mass is 649 g/mol. The topological polar surface area (TPSA) is 73.5 Å². The summed E-state index contributed by atoms with van der Waals surface area (Å²) in [6.45, 7) is 2.93. The van der Waals surface area contributed by atoms with E-state index < -0.39 is 10.8 Å². The number of halogens is 2. The van der Waals surface area contributed by atoms with Crippen molar-refractivity contribution in [3.63, 3.8) is 0 Å². The number of ketones is 1. The average Bonchev–Trinajstić information content (AvgIpc) is 3.48. The van der Waals surface area contributed by atoms with E-state index >= 15 is 0 Å². The van der Waals surface area contributed by atoms with E-state index in [9.17, 15) is 14.4 Å². The van der Waals surface area contributed by atoms with Gasteiger partial charge in [0.15, 0.2) is 5.78 Å². The molecule has 0 unspecified atom stereocenters. The number of carbonyl (C=O) groups is 3. The lowest BCUT2D eigenvalue weighted by atomic mass is 9.90. The van der Waals surface area contributed by atoms with E-state index in [2.05, 4.69) is 20.9 Å². The Hall–Kier alpha value is -3.07. The zero-order valence-corrected chi connectivity index (χ0v) is 25.7. The number of likely N-dealkylation sites (tertiary alicyclic amines) is 2. The fraction of sp³-hybridized carbons (Fsp3) is 0.281. The quantitative estimate of drug-likeness (QED) is 0.242. The van der Waals surface area contributed by atoms with Crippen LogP contribution in [-0.2, 0) is 20.9 Å². The van der Waals surface area contributed by atoms with E-state index in [1.165, 1.54) is 11.8 Å². The molecule has 210 valence electrons. The zero-order valence-electron chi connectivity index (χ0n) is 22.5. The summed E-state index contributed by atoms with van der Waals surface area (Å²) in [5.41, 5.74) is 3.83. The second kappa shape index (κ2) is 11.3. The van der Waals surface area contributed by atoms with Gasteiger partial charge in [-0.2, -0.15) is 0 Å². The molecule has 2 atom stereocenters. The maximum absolute atomic E-state index is 14.8. The van der Waals surface area contributed by atoms with Gasteiger partial charge < -0.3 is 14.8 Å². The number of H-pyrrole nitrogens is 1. The number of thioether (sulfide) groups is 1. The van der Waals surface area contributed by atoms with Gasteiger partial charge in [-0.1, -0.05) is 63.4 Å². The molecule has 6 nitrogen and oxygen atoms in total. The number of aromatic amines is 1. The number of amides is 2. The number of fused-ring (bicyclic) bond motifs is 1. The van der Waals surface area contributed by atoms with Crippen molar-refractivity contribution >= 4 is 67.8 Å². The summed E-state index contributed by atoms with van der Waals surface area (Å²) in [5.74, 6) is -0.219. The Morgan fingerprint density at radius 1 is 1.10 bits per heavy atom. The number of Topliss-reactive ketones (excluding diaryl/α,β-unsaturated/α-hetero) is 1. The van der Waals surface area contributed by atoms with Crippen LogP contribution in [0, 0.1) is 6.92 Å². The summed E-state index contributed by atoms with van der Waals surface area (Å²) in [7, 11) is 0. The molecule has 0 aliphatic carbocycles. The molecule has 2 aliphatic heterocycles. The standard InChI is InChI=1S/C32H29BrClN3O3S/c1-20-4-11-25(12-5-20)41-32(31(40)36-14-2-3-24(38)19-36)16-29(39)37(18-21-6-9-23(34)10-7-21)30(32)27-17-35-28-15-22(33)8-13-26(27)28/h4-13,15,17,30,35H,2-3,14,16,18-19H2,1H3/t30-,32-/m0/s1. The molecule has 0 bridgehead atoms. The van der Waals surface area contributed by atoms with Crippen molar-refractivity contribution in [2.75, 3.05) is 13.1 Å². The molecule has 4 aromatic rings. The van der Waals surface area contributed by atoms with Crippen molar-refractivity contribution in [2.45, 2.75) is 48.4 Å². The molecule has 2 fully saturated rings. The Labute approximate surface area is 256 Å². The number of carbonyl (C=O) groups excluding carboxylic acids is 3. The summed E-state index contributed by atoms with van der Waals surface area (Å²) in [4.78, 5) is 49.1. The van der Waals surface area contributed by atoms with Crippen LogP contribution in [0.2, 0.25) is 5.02 Å². The van der Waals surface area contributed by atoms with Crippen LogP contribution < -0.4 is 0 Å². The zero-order chi connectivity index (χ0) is 28.7. The molecule has 41 heavy (non-hydrogen) atoms. The first-order valence-electron chi connectivity index (χ1n) is 13.6. The number of nitrogens with zero attached hydrogens (tertiary/aromatic N) is 2. The Morgan fingerprint density at radius 2 is 1.85 bits per heavy atom. The smallest absolute Gasteiger partial charge is 0.242 e. The lowest BCUT2D eigenvalue weighted by molar-refractivity contribution is -0.140. The first kappa shape index (κ1) is 28.1. The molecule has 3 heterocycles. The van der Waals surface area contributed by atoms with Gasteiger partial charge in [-0.25, -0.2) is 0 Å². The predicted molar refractivity (Wildman–Crippen MR) is 166 cm³/mol. The third-order valence-electron chi connectivity index (χ3n) is 7.95. The van der Waals surface area contributed by atoms with E-state index in [0.717, 1.165) is 37.0 Å². The average molecular weight is 651 g/mol. The maximum atomic E-state index is 14.8. The number of aryl methyl sites for hydroxylation is 1. The molecule has 0 radical (unpaired) electrons. The van der Waals surface area contributed by atoms with E-state index in [-0.39, 0.29) is 30.6 Å². The van der Waals surface area contributed by atoms with Crippen LogP contribution in [-0.4, -0.2) is 50.2 Å². The largest absolute Gasteiger partial charge is 0.361 e. The highest BCUT2D eigenvalue weighted by atomic mass is 79.9. The molecule has 2 amide bonds. The second-order valence-electron chi connectivity index (χ2n) is 10.8. The number of nitrogens with one attached hydrogen (secondary N) is 1. The minimum atomic E-state index is -1.18. The van der Waals surface area contributed by atoms with Crippen molar-refractivity contribution in [1.82, 2.24) is 14.8 Å². The van der Waals surface area contributed by atoms with Gasteiger partial charge in [-0.3, -0.25) is 14.4 Å². The summed E-state index contributed by atoms with van der Waals surface area (Å²) in [5, 5.41) is 1.57. The second-order valence-corrected chi connectivity index (χ2v) is 13.6. The molecule has 3 aromatic carbocycles. The first-order chi connectivity index (χ1) is 19.7. The fourth-order valence-corrected chi connectivity index (χ4v) is 7.93. The number of hydrogen-bond donors (Lipinski definition) is 1. The maximum Gasteiger partial charge on any atom is 0.242 e. The molecule has 2 saturated heterocycles. The predicted octanol–water partition coefficient (Wildman–Crippen LogP) is 7.09. The van der Waals surface area contributed by atoms with Gasteiger partial charge in [0.05, 0.1) is 19.0 Å². The molecule has 0 saturated carbocycles. The summed E-state index contributed by atoms with van der Waals surface area (Å²) < 4.78 is -0.249. The lowest BCUT2D eigenvalue weighted by Crippen LogP contribution is -2.53. The first-order valence-corrected chi connectivity index (χ1v) is 15.6. The van der Waals surface area contributed by atoms with Crippen LogP contribution in [0.25, 0.3) is 10.9 Å². The molecule has 1 aromatic heterocycles. The summed E-state index contributed by atoms with van der Waals surface area (Å²) in [6, 6.07) is 20.9. The Morgan fingerprint density at radius 3 is 2.59 bits per heavy atom. The number of rotatable bonds is 6. The fourth-order valence-electron chi connectivity index (χ4n) is 5.97. The van der Waals surface area contributed by atoms with Gasteiger partial charge in [-0.15, -0.1) is 11.8 Å². The van der Waals surface area contributed by atoms with Crippen LogP contribution in [0.4, 0.5) is 0 Å². The van der Waals surface area contributed by atoms with Crippen molar-refractivity contribution in [1.29, 1.82) is 0 Å². The van der Waals surface area contributed by atoms with E-state index in [1.807, 2.05) is 84.8 Å². The third-order valence-corrected chi connectivity index (χ3v) is 10.1. The highest BCUT2D eigenvalue weighted by Gasteiger charge is 2.60. The van der Waals surface area contributed by atoms with Gasteiger partial charge in [-0.05, 0) is 55.3 Å². The summed E-state index contributed by atoms with van der Waals surface area (Å²) in [6.07, 6.45) is 3.05. The Balaban J connectivity index is 1.53. The van der Waals surface area contributed by atoms with Gasteiger partial charge >= 0.3 is 0 Å². The lowest BCUT2D eigenvalue weighted by Gasteiger charge is -2.40. The van der Waals surface area contributed by atoms with Gasteiger partial charge in [0, 0.05) is 56.6 Å². The number of piperidine rings is 1. The highest BCUT2D eigenvalue weighted by Crippen LogP contribution is 2.55. The van der Waals surface area contributed by atoms with Crippen molar-refractivity contribution < 1.29 is 14.4 Å². The number of hydrogen-bond acceptors (Lipinski definition) is 4. The molecule has 2 aliphatic rings. The molecule has 6 rings (SSSR count). The Kier molecular flexibility index (Phi) is 7.74. The van der Waals surface area contributed by atoms with Gasteiger partial charge in [0.25, 0.3) is 0 Å². The van der Waals surface area contributed by atoms with Crippen LogP contribution in [0.3, 0.4) is 0 Å². The van der Waals surface area contributed by atoms with Crippen LogP contribution in [0.1, 0.15) is 42.0 Å². The van der Waals surface area contributed by atoms with Crippen LogP contribution >= 0.6 is 39.3 Å². The van der Waals surface area contributed by atoms with Gasteiger partial charge in [0.2, 0.25) is 11.8 Å². The molecule has 1 N–H and O–H groups in total. The minimum absolute atomic E-state index is 0.0243. The van der Waals surface area contributed by atoms with Crippen molar-refractivity contribution in [3.8, 4) is 0 Å². The van der Waals surface area contributed by atoms with E-state index in [1.54, 1.807) is 4.90 Å².